The summed E-state index contributed by atoms with van der Waals surface area (Å²) < 4.78 is 22.4. The standard InChI is InChI=1S/CClF2NO4/c2-1(3,4)8-9-5(6)7. The highest BCUT2D eigenvalue weighted by Gasteiger charge is 2.28. The van der Waals surface area contributed by atoms with Gasteiger partial charge in [-0.25, -0.2) is 0 Å². The molecule has 0 heterocycles. The molecule has 0 aromatic rings. The third kappa shape index (κ3) is 7.31. The summed E-state index contributed by atoms with van der Waals surface area (Å²) in [5, 5.41) is 7.55. The van der Waals surface area contributed by atoms with Gasteiger partial charge in [0.2, 0.25) is 0 Å². The Labute approximate surface area is 52.1 Å². The fourth-order valence-corrected chi connectivity index (χ4v) is 0.101. The molecular formula is CClF2NO4. The van der Waals surface area contributed by atoms with E-state index in [-0.39, 0.29) is 0 Å². The third-order valence-electron chi connectivity index (χ3n) is 0.193. The van der Waals surface area contributed by atoms with E-state index < -0.39 is 10.7 Å². The van der Waals surface area contributed by atoms with Gasteiger partial charge in [-0.3, -0.25) is 0 Å². The predicted molar refractivity (Wildman–Crippen MR) is 20.0 cm³/mol. The van der Waals surface area contributed by atoms with Gasteiger partial charge in [0.05, 0.1) is 0 Å². The molecule has 8 heteroatoms. The van der Waals surface area contributed by atoms with Crippen LogP contribution in [-0.4, -0.2) is 10.7 Å². The van der Waals surface area contributed by atoms with Crippen molar-refractivity contribution in [3.05, 3.63) is 10.1 Å². The van der Waals surface area contributed by atoms with Crippen LogP contribution in [0, 0.1) is 10.1 Å². The molecule has 0 aromatic carbocycles. The first-order valence-electron chi connectivity index (χ1n) is 1.49. The molecule has 0 aliphatic carbocycles. The minimum Gasteiger partial charge on any atom is -0.158 e. The molecule has 0 aliphatic rings. The molecule has 5 nitrogen and oxygen atoms in total. The van der Waals surface area contributed by atoms with E-state index in [0.29, 0.717) is 0 Å². The van der Waals surface area contributed by atoms with E-state index in [1.807, 2.05) is 0 Å². The first-order chi connectivity index (χ1) is 3.92. The molecule has 0 N–H and O–H groups in total. The Morgan fingerprint density at radius 3 is 2.22 bits per heavy atom. The van der Waals surface area contributed by atoms with Crippen molar-refractivity contribution in [1.29, 1.82) is 0 Å². The van der Waals surface area contributed by atoms with Crippen molar-refractivity contribution >= 4 is 11.6 Å². The van der Waals surface area contributed by atoms with E-state index in [2.05, 4.69) is 21.5 Å². The zero-order valence-corrected chi connectivity index (χ0v) is 4.47. The summed E-state index contributed by atoms with van der Waals surface area (Å²) in [6.45, 7) is 0. The monoisotopic (exact) mass is 163 g/mol. The van der Waals surface area contributed by atoms with Gasteiger partial charge in [-0.15, -0.1) is 20.0 Å². The fraction of sp³-hybridized carbons (Fsp3) is 1.00. The third-order valence-corrected chi connectivity index (χ3v) is 0.256. The highest BCUT2D eigenvalue weighted by molar-refractivity contribution is 6.20. The molecular weight excluding hydrogens is 163 g/mol. The number of hydrogen-bond donors (Lipinski definition) is 0. The van der Waals surface area contributed by atoms with Crippen LogP contribution >= 0.6 is 11.6 Å². The second-order valence-electron chi connectivity index (χ2n) is 0.827. The maximum Gasteiger partial charge on any atom is 0.466 e. The van der Waals surface area contributed by atoms with Crippen LogP contribution in [0.3, 0.4) is 0 Å². The number of nitrogens with zero attached hydrogens (tertiary/aromatic N) is 1. The molecule has 0 spiro atoms. The molecule has 0 fully saturated rings. The molecule has 0 saturated heterocycles. The summed E-state index contributed by atoms with van der Waals surface area (Å²) in [6.07, 6.45) is 0. The van der Waals surface area contributed by atoms with Crippen LogP contribution in [0.15, 0.2) is 0 Å². The first-order valence-corrected chi connectivity index (χ1v) is 1.86. The lowest BCUT2D eigenvalue weighted by Gasteiger charge is -2.02. The van der Waals surface area contributed by atoms with Crippen molar-refractivity contribution in [3.8, 4) is 0 Å². The van der Waals surface area contributed by atoms with Gasteiger partial charge in [0.15, 0.2) is 0 Å². The summed E-state index contributed by atoms with van der Waals surface area (Å²) in [5.74, 6) is 0. The Kier molecular flexibility index (Phi) is 2.53. The summed E-state index contributed by atoms with van der Waals surface area (Å²) in [6, 6.07) is 0. The molecule has 0 radical (unpaired) electrons. The SMILES string of the molecule is O=[N+]([O-])OOC(F)(F)Cl. The second-order valence-corrected chi connectivity index (χ2v) is 1.27. The average molecular weight is 163 g/mol. The summed E-state index contributed by atoms with van der Waals surface area (Å²) in [4.78, 5) is 14.6. The summed E-state index contributed by atoms with van der Waals surface area (Å²) >= 11 is 3.99. The molecule has 9 heavy (non-hydrogen) atoms. The topological polar surface area (TPSA) is 61.6 Å². The number of halogens is 3. The normalized spacial score (nSPS) is 11.0. The van der Waals surface area contributed by atoms with Crippen molar-refractivity contribution in [2.45, 2.75) is 5.57 Å². The van der Waals surface area contributed by atoms with Crippen LogP contribution in [0.5, 0.6) is 0 Å². The van der Waals surface area contributed by atoms with Gasteiger partial charge in [0, 0.05) is 0 Å². The average Bonchev–Trinajstić information content (AvgIpc) is 1.59. The number of hydrogen-bond acceptors (Lipinski definition) is 4. The Balaban J connectivity index is 3.39. The molecule has 0 atom stereocenters. The first kappa shape index (κ1) is 8.31. The molecule has 54 valence electrons. The van der Waals surface area contributed by atoms with Gasteiger partial charge < -0.3 is 0 Å². The van der Waals surface area contributed by atoms with Crippen LogP contribution in [0.25, 0.3) is 0 Å². The van der Waals surface area contributed by atoms with Crippen molar-refractivity contribution in [3.63, 3.8) is 0 Å². The van der Waals surface area contributed by atoms with Gasteiger partial charge in [-0.05, 0) is 11.6 Å². The quantitative estimate of drug-likeness (QED) is 0.269. The highest BCUT2D eigenvalue weighted by Crippen LogP contribution is 2.19. The van der Waals surface area contributed by atoms with Crippen LogP contribution < -0.4 is 0 Å². The van der Waals surface area contributed by atoms with Crippen molar-refractivity contribution in [1.82, 2.24) is 0 Å². The minimum atomic E-state index is -4.16. The van der Waals surface area contributed by atoms with E-state index in [1.54, 1.807) is 0 Å². The van der Waals surface area contributed by atoms with E-state index in [9.17, 15) is 8.78 Å². The minimum absolute atomic E-state index is 1.56. The largest absolute Gasteiger partial charge is 0.466 e. The molecule has 0 amide bonds. The smallest absolute Gasteiger partial charge is 0.158 e. The predicted octanol–water partition coefficient (Wildman–Crippen LogP) is 0.915. The van der Waals surface area contributed by atoms with Crippen LogP contribution in [0.1, 0.15) is 0 Å². The zero-order chi connectivity index (χ0) is 7.49. The molecule has 0 bridgehead atoms. The highest BCUT2D eigenvalue weighted by atomic mass is 35.5. The van der Waals surface area contributed by atoms with Crippen LogP contribution in [0.4, 0.5) is 8.78 Å². The van der Waals surface area contributed by atoms with Crippen LogP contribution in [0.2, 0.25) is 0 Å². The summed E-state index contributed by atoms with van der Waals surface area (Å²) in [5.41, 5.74) is -4.16. The lowest BCUT2D eigenvalue weighted by Crippen LogP contribution is -2.15. The van der Waals surface area contributed by atoms with E-state index in [4.69, 9.17) is 10.1 Å². The Hall–Kier alpha value is -0.690. The van der Waals surface area contributed by atoms with Crippen molar-refractivity contribution in [2.75, 3.05) is 0 Å². The Morgan fingerprint density at radius 1 is 1.67 bits per heavy atom. The van der Waals surface area contributed by atoms with Crippen molar-refractivity contribution < 1.29 is 23.7 Å². The summed E-state index contributed by atoms with van der Waals surface area (Å²) in [7, 11) is 0. The lowest BCUT2D eigenvalue weighted by molar-refractivity contribution is -0.863. The van der Waals surface area contributed by atoms with Crippen LogP contribution in [-0.2, 0) is 9.88 Å². The molecule has 0 unspecified atom stereocenters. The van der Waals surface area contributed by atoms with Gasteiger partial charge in [0.1, 0.15) is 0 Å². The lowest BCUT2D eigenvalue weighted by atomic mass is 11.5. The number of alkyl halides is 3. The van der Waals surface area contributed by atoms with E-state index >= 15 is 0 Å². The van der Waals surface area contributed by atoms with E-state index in [1.165, 1.54) is 0 Å². The molecule has 0 aromatic heterocycles. The fourth-order valence-electron chi connectivity index (χ4n) is 0.0727. The maximum absolute atomic E-state index is 11.2. The number of rotatable bonds is 3. The van der Waals surface area contributed by atoms with Gasteiger partial charge in [-0.2, -0.15) is 8.78 Å². The Morgan fingerprint density at radius 2 is 2.11 bits per heavy atom. The molecule has 0 aliphatic heterocycles. The molecule has 0 rings (SSSR count). The van der Waals surface area contributed by atoms with E-state index in [0.717, 1.165) is 0 Å². The van der Waals surface area contributed by atoms with Crippen molar-refractivity contribution in [2.24, 2.45) is 0 Å². The molecule has 0 saturated carbocycles. The second kappa shape index (κ2) is 2.74. The van der Waals surface area contributed by atoms with Gasteiger partial charge in [0.25, 0.3) is 0 Å². The van der Waals surface area contributed by atoms with Gasteiger partial charge in [-0.1, -0.05) is 0 Å². The zero-order valence-electron chi connectivity index (χ0n) is 3.71. The maximum atomic E-state index is 11.2. The Bertz CT molecular complexity index is 112. The van der Waals surface area contributed by atoms with Gasteiger partial charge >= 0.3 is 10.7 Å².